The van der Waals surface area contributed by atoms with E-state index in [4.69, 9.17) is 23.7 Å². The molecule has 2 saturated heterocycles. The van der Waals surface area contributed by atoms with Gasteiger partial charge in [-0.2, -0.15) is 17.9 Å². The summed E-state index contributed by atoms with van der Waals surface area (Å²) in [6.07, 6.45) is 4.43. The Balaban J connectivity index is 0.000000214. The minimum Gasteiger partial charge on any atom is -0.423 e. The monoisotopic (exact) mass is 1010 g/mol. The Morgan fingerprint density at radius 3 is 1.52 bits per heavy atom. The van der Waals surface area contributed by atoms with Gasteiger partial charge in [0.05, 0.1) is 23.5 Å². The highest BCUT2D eigenvalue weighted by Gasteiger charge is 2.28. The second-order valence-electron chi connectivity index (χ2n) is 15.8. The van der Waals surface area contributed by atoms with Gasteiger partial charge in [0.2, 0.25) is 11.6 Å². The average Bonchev–Trinajstić information content (AvgIpc) is 4.13. The first kappa shape index (κ1) is 52.0. The summed E-state index contributed by atoms with van der Waals surface area (Å²) in [6, 6.07) is 14.0. The van der Waals surface area contributed by atoms with Crippen LogP contribution in [0.15, 0.2) is 126 Å². The van der Waals surface area contributed by atoms with Crippen molar-refractivity contribution in [2.45, 2.75) is 58.7 Å². The molecular weight excluding hydrogens is 969 g/mol. The van der Waals surface area contributed by atoms with Gasteiger partial charge in [0.15, 0.2) is 0 Å². The maximum atomic E-state index is 14.3. The van der Waals surface area contributed by atoms with Crippen LogP contribution in [0.2, 0.25) is 0 Å². The highest BCUT2D eigenvalue weighted by atomic mass is 19.1. The van der Waals surface area contributed by atoms with Crippen LogP contribution in [-0.4, -0.2) is 83.6 Å². The van der Waals surface area contributed by atoms with Crippen molar-refractivity contribution in [1.29, 1.82) is 0 Å². The zero-order valence-corrected chi connectivity index (χ0v) is 38.7. The predicted octanol–water partition coefficient (Wildman–Crippen LogP) is 2.63. The molecule has 25 heteroatoms. The van der Waals surface area contributed by atoms with Crippen LogP contribution in [0.1, 0.15) is 93.4 Å². The summed E-state index contributed by atoms with van der Waals surface area (Å²) in [6.45, 7) is 4.94. The second-order valence-corrected chi connectivity index (χ2v) is 15.8. The standard InChI is InChI=1S/C24H21FN4O8.C24H22FN3O8/c1-2-26-23(34)27-9-8-16(12-18(27)30)37-22(33)15-6-3-5-14(11-15)20(31)29-21(32)17(25)13-28(24(29)35)19-7-4-10-36-19;1-2-34-14-26-9-8-17(12-19(26)29)36-23(32)16-6-3-5-15(11-16)21(30)28-22(31)18(25)13-27(24(28)33)20-7-4-10-35-20/h3,5-6,8-9,11-13,19H,2,4,7,10H2,1H3,(H,26,34);3,5-6,8-9,11-13,20H,2,4,7,10,14H2,1H3. The molecule has 6 heterocycles. The predicted molar refractivity (Wildman–Crippen MR) is 248 cm³/mol. The minimum absolute atomic E-state index is 0.0322. The summed E-state index contributed by atoms with van der Waals surface area (Å²) in [7, 11) is 0. The topological polar surface area (TPSA) is 276 Å². The quantitative estimate of drug-likeness (QED) is 0.173. The summed E-state index contributed by atoms with van der Waals surface area (Å²) in [4.78, 5) is 138. The molecule has 1 N–H and O–H groups in total. The average molecular weight is 1010 g/mol. The van der Waals surface area contributed by atoms with Crippen LogP contribution >= 0.6 is 0 Å². The molecule has 380 valence electrons. The number of amides is 1. The Kier molecular flexibility index (Phi) is 16.4. The van der Waals surface area contributed by atoms with Crippen molar-refractivity contribution in [3.05, 3.63) is 194 Å². The lowest BCUT2D eigenvalue weighted by Crippen LogP contribution is -2.46. The number of nitrogens with one attached hydrogen (secondary N) is 1. The molecule has 4 aromatic heterocycles. The third kappa shape index (κ3) is 11.7. The molecule has 23 nitrogen and oxygen atoms in total. The van der Waals surface area contributed by atoms with Gasteiger partial charge in [-0.1, -0.05) is 12.1 Å². The molecule has 0 radical (unpaired) electrons. The number of halogens is 2. The van der Waals surface area contributed by atoms with Gasteiger partial charge in [0.25, 0.3) is 34.1 Å². The largest absolute Gasteiger partial charge is 0.423 e. The molecule has 0 bridgehead atoms. The summed E-state index contributed by atoms with van der Waals surface area (Å²) in [5.74, 6) is -6.94. The summed E-state index contributed by atoms with van der Waals surface area (Å²) in [5.41, 5.74) is -6.91. The van der Waals surface area contributed by atoms with Crippen LogP contribution in [0.3, 0.4) is 0 Å². The van der Waals surface area contributed by atoms with E-state index in [1.807, 2.05) is 0 Å². The van der Waals surface area contributed by atoms with Crippen molar-refractivity contribution in [1.82, 2.24) is 32.7 Å². The van der Waals surface area contributed by atoms with Gasteiger partial charge in [0.1, 0.15) is 30.7 Å². The molecule has 2 fully saturated rings. The fourth-order valence-corrected chi connectivity index (χ4v) is 7.34. The zero-order chi connectivity index (χ0) is 52.5. The lowest BCUT2D eigenvalue weighted by molar-refractivity contribution is 0.0498. The summed E-state index contributed by atoms with van der Waals surface area (Å²) < 4.78 is 59.0. The molecule has 0 saturated carbocycles. The Bertz CT molecular complexity index is 3510. The number of aromatic nitrogens is 6. The molecule has 2 aliphatic heterocycles. The second kappa shape index (κ2) is 23.0. The number of benzene rings is 2. The van der Waals surface area contributed by atoms with Gasteiger partial charge in [-0.25, -0.2) is 28.5 Å². The Morgan fingerprint density at radius 1 is 0.630 bits per heavy atom. The van der Waals surface area contributed by atoms with Crippen molar-refractivity contribution in [3.63, 3.8) is 0 Å². The first-order valence-corrected chi connectivity index (χ1v) is 22.3. The first-order chi connectivity index (χ1) is 35.0. The molecule has 73 heavy (non-hydrogen) atoms. The number of hydrogen-bond donors (Lipinski definition) is 1. The van der Waals surface area contributed by atoms with Crippen LogP contribution in [0.4, 0.5) is 13.6 Å². The normalized spacial score (nSPS) is 15.0. The third-order valence-corrected chi connectivity index (χ3v) is 10.9. The number of nitrogens with zero attached hydrogens (tertiary/aromatic N) is 6. The van der Waals surface area contributed by atoms with Crippen molar-refractivity contribution in [3.8, 4) is 11.5 Å². The van der Waals surface area contributed by atoms with E-state index in [1.165, 1.54) is 59.3 Å². The molecular formula is C48H43F2N7O16. The molecule has 8 rings (SSSR count). The van der Waals surface area contributed by atoms with Crippen LogP contribution in [-0.2, 0) is 20.9 Å². The number of hydrogen-bond acceptors (Lipinski definition) is 16. The molecule has 0 aliphatic carbocycles. The van der Waals surface area contributed by atoms with E-state index in [9.17, 15) is 61.5 Å². The number of esters is 2. The molecule has 6 aromatic rings. The van der Waals surface area contributed by atoms with E-state index in [0.717, 1.165) is 50.4 Å². The lowest BCUT2D eigenvalue weighted by atomic mass is 10.1. The van der Waals surface area contributed by atoms with Gasteiger partial charge in [0, 0.05) is 62.0 Å². The first-order valence-electron chi connectivity index (χ1n) is 22.3. The van der Waals surface area contributed by atoms with E-state index in [0.29, 0.717) is 58.2 Å². The molecule has 2 aromatic carbocycles. The van der Waals surface area contributed by atoms with Crippen molar-refractivity contribution >= 4 is 29.8 Å². The van der Waals surface area contributed by atoms with Gasteiger partial charge in [-0.15, -0.1) is 0 Å². The zero-order valence-electron chi connectivity index (χ0n) is 38.7. The maximum Gasteiger partial charge on any atom is 0.343 e. The van der Waals surface area contributed by atoms with E-state index in [2.05, 4.69) is 5.32 Å². The Hall–Kier alpha value is -8.81. The molecule has 1 amide bonds. The number of carbonyl (C=O) groups is 5. The third-order valence-electron chi connectivity index (χ3n) is 10.9. The van der Waals surface area contributed by atoms with Crippen LogP contribution in [0, 0.1) is 11.6 Å². The summed E-state index contributed by atoms with van der Waals surface area (Å²) in [5, 5.41) is 2.46. The molecule has 2 unspecified atom stereocenters. The SMILES string of the molecule is CCNC(=O)n1ccc(OC(=O)c2cccc(C(=O)n3c(=O)c(F)cn(C4CCCO4)c3=O)c2)cc1=O.CCOCn1ccc(OC(=O)c2cccc(C(=O)n3c(=O)c(F)cn(C4CCCO4)c3=O)c2)cc1=O. The van der Waals surface area contributed by atoms with Crippen molar-refractivity contribution in [2.24, 2.45) is 0 Å². The molecule has 0 spiro atoms. The van der Waals surface area contributed by atoms with Crippen LogP contribution in [0.5, 0.6) is 11.5 Å². The highest BCUT2D eigenvalue weighted by molar-refractivity contribution is 6.00. The van der Waals surface area contributed by atoms with E-state index in [1.54, 1.807) is 13.8 Å². The summed E-state index contributed by atoms with van der Waals surface area (Å²) >= 11 is 0. The minimum atomic E-state index is -1.44. The van der Waals surface area contributed by atoms with Gasteiger partial charge < -0.3 is 29.0 Å². The van der Waals surface area contributed by atoms with Crippen molar-refractivity contribution in [2.75, 3.05) is 26.4 Å². The fraction of sp³-hybridized carbons (Fsp3) is 0.271. The highest BCUT2D eigenvalue weighted by Crippen LogP contribution is 2.22. The number of rotatable bonds is 12. The van der Waals surface area contributed by atoms with Gasteiger partial charge in [-0.05, 0) is 88.1 Å². The van der Waals surface area contributed by atoms with Crippen LogP contribution < -0.4 is 48.4 Å². The molecule has 2 aliphatic rings. The smallest absolute Gasteiger partial charge is 0.343 e. The number of ether oxygens (including phenoxy) is 5. The number of pyridine rings is 2. The Labute approximate surface area is 408 Å². The van der Waals surface area contributed by atoms with Gasteiger partial charge in [-0.3, -0.25) is 42.5 Å². The number of carbonyl (C=O) groups excluding carboxylic acids is 5. The van der Waals surface area contributed by atoms with E-state index < -0.39 is 87.5 Å². The van der Waals surface area contributed by atoms with E-state index in [-0.39, 0.29) is 49.6 Å². The fourth-order valence-electron chi connectivity index (χ4n) is 7.34. The van der Waals surface area contributed by atoms with E-state index >= 15 is 0 Å². The van der Waals surface area contributed by atoms with Crippen molar-refractivity contribution < 1.29 is 56.4 Å². The van der Waals surface area contributed by atoms with Gasteiger partial charge >= 0.3 is 29.3 Å². The molecule has 2 atom stereocenters. The van der Waals surface area contributed by atoms with Crippen LogP contribution in [0.25, 0.3) is 0 Å². The Morgan fingerprint density at radius 2 is 1.10 bits per heavy atom. The lowest BCUT2D eigenvalue weighted by Gasteiger charge is -2.15. The maximum absolute atomic E-state index is 14.3.